The van der Waals surface area contributed by atoms with Crippen molar-refractivity contribution in [1.82, 2.24) is 5.06 Å². The summed E-state index contributed by atoms with van der Waals surface area (Å²) in [5.41, 5.74) is -0.853. The minimum absolute atomic E-state index is 0.156. The molecule has 1 aliphatic rings. The molecule has 2 rings (SSSR count). The van der Waals surface area contributed by atoms with E-state index >= 15 is 0 Å². The van der Waals surface area contributed by atoms with Crippen LogP contribution in [-0.2, 0) is 15.8 Å². The number of hydrogen-bond donors (Lipinski definition) is 0. The lowest BCUT2D eigenvalue weighted by Gasteiger charge is -2.29. The van der Waals surface area contributed by atoms with Gasteiger partial charge >= 0.3 is 6.18 Å². The van der Waals surface area contributed by atoms with E-state index < -0.39 is 23.7 Å². The summed E-state index contributed by atoms with van der Waals surface area (Å²) in [6, 6.07) is 2.44. The lowest BCUT2D eigenvalue weighted by molar-refractivity contribution is -0.223. The summed E-state index contributed by atoms with van der Waals surface area (Å²) in [6.07, 6.45) is -5.24. The van der Waals surface area contributed by atoms with Gasteiger partial charge in [-0.05, 0) is 30.7 Å². The molecule has 3 nitrogen and oxygen atoms in total. The van der Waals surface area contributed by atoms with Crippen molar-refractivity contribution in [3.8, 4) is 0 Å². The van der Waals surface area contributed by atoms with E-state index in [9.17, 15) is 17.6 Å². The average Bonchev–Trinajstić information content (AvgIpc) is 2.38. The first-order valence-electron chi connectivity index (χ1n) is 6.23. The van der Waals surface area contributed by atoms with Gasteiger partial charge in [-0.2, -0.15) is 18.2 Å². The third-order valence-electron chi connectivity index (χ3n) is 2.99. The Hall–Kier alpha value is -1.18. The topological polar surface area (TPSA) is 21.7 Å². The second kappa shape index (κ2) is 6.07. The number of nitrogens with zero attached hydrogens (tertiary/aromatic N) is 1. The van der Waals surface area contributed by atoms with Gasteiger partial charge < -0.3 is 4.74 Å². The first kappa shape index (κ1) is 15.2. The van der Waals surface area contributed by atoms with E-state index in [0.717, 1.165) is 12.1 Å². The van der Waals surface area contributed by atoms with Crippen molar-refractivity contribution in [3.05, 3.63) is 35.1 Å². The van der Waals surface area contributed by atoms with Gasteiger partial charge in [0, 0.05) is 13.1 Å². The molecular formula is C13H15F4NO2. The fraction of sp³-hybridized carbons (Fsp3) is 0.538. The molecule has 1 aromatic rings. The Morgan fingerprint density at radius 1 is 1.20 bits per heavy atom. The molecule has 0 bridgehead atoms. The van der Waals surface area contributed by atoms with Crippen LogP contribution in [0, 0.1) is 5.82 Å². The number of halogens is 4. The van der Waals surface area contributed by atoms with Gasteiger partial charge in [0.15, 0.2) is 0 Å². The van der Waals surface area contributed by atoms with Gasteiger partial charge in [0.2, 0.25) is 0 Å². The monoisotopic (exact) mass is 293 g/mol. The number of hydrogen-bond acceptors (Lipinski definition) is 3. The highest BCUT2D eigenvalue weighted by molar-refractivity contribution is 5.28. The fourth-order valence-electron chi connectivity index (χ4n) is 1.95. The number of ether oxygens (including phenoxy) is 1. The smallest absolute Gasteiger partial charge is 0.379 e. The van der Waals surface area contributed by atoms with Gasteiger partial charge in [-0.3, -0.25) is 4.84 Å². The second-order valence-electron chi connectivity index (χ2n) is 4.56. The van der Waals surface area contributed by atoms with Crippen LogP contribution in [-0.4, -0.2) is 31.4 Å². The molecule has 0 aromatic heterocycles. The van der Waals surface area contributed by atoms with E-state index in [2.05, 4.69) is 0 Å². The van der Waals surface area contributed by atoms with Crippen LogP contribution >= 0.6 is 0 Å². The van der Waals surface area contributed by atoms with Crippen LogP contribution in [0.2, 0.25) is 0 Å². The highest BCUT2D eigenvalue weighted by atomic mass is 19.4. The molecule has 0 N–H and O–H groups in total. The van der Waals surface area contributed by atoms with Crippen molar-refractivity contribution in [2.75, 3.05) is 26.3 Å². The molecule has 0 saturated carbocycles. The number of alkyl halides is 3. The maximum Gasteiger partial charge on any atom is 0.416 e. The molecule has 20 heavy (non-hydrogen) atoms. The Bertz CT molecular complexity index is 458. The zero-order chi connectivity index (χ0) is 14.8. The summed E-state index contributed by atoms with van der Waals surface area (Å²) >= 11 is 0. The average molecular weight is 293 g/mol. The van der Waals surface area contributed by atoms with Gasteiger partial charge in [0.25, 0.3) is 0 Å². The highest BCUT2D eigenvalue weighted by Crippen LogP contribution is 2.32. The summed E-state index contributed by atoms with van der Waals surface area (Å²) in [6.45, 7) is 3.66. The van der Waals surface area contributed by atoms with Crippen LogP contribution < -0.4 is 0 Å². The molecule has 0 unspecified atom stereocenters. The first-order chi connectivity index (χ1) is 9.36. The van der Waals surface area contributed by atoms with E-state index in [-0.39, 0.29) is 5.56 Å². The van der Waals surface area contributed by atoms with Gasteiger partial charge in [-0.15, -0.1) is 0 Å². The zero-order valence-corrected chi connectivity index (χ0v) is 10.9. The number of benzene rings is 1. The Morgan fingerprint density at radius 2 is 1.85 bits per heavy atom. The summed E-state index contributed by atoms with van der Waals surface area (Å²) in [4.78, 5) is 5.52. The van der Waals surface area contributed by atoms with Crippen LogP contribution in [0.3, 0.4) is 0 Å². The maximum absolute atomic E-state index is 13.3. The van der Waals surface area contributed by atoms with E-state index in [1.807, 2.05) is 0 Å². The van der Waals surface area contributed by atoms with E-state index in [1.165, 1.54) is 0 Å². The molecule has 0 amide bonds. The van der Waals surface area contributed by atoms with Gasteiger partial charge in [-0.1, -0.05) is 0 Å². The normalized spacial score (nSPS) is 19.1. The molecule has 1 aliphatic heterocycles. The maximum atomic E-state index is 13.3. The molecule has 1 atom stereocenters. The lowest BCUT2D eigenvalue weighted by Crippen LogP contribution is -2.36. The summed E-state index contributed by atoms with van der Waals surface area (Å²) < 4.78 is 56.4. The van der Waals surface area contributed by atoms with Crippen molar-refractivity contribution in [2.24, 2.45) is 0 Å². The Balaban J connectivity index is 2.12. The molecular weight excluding hydrogens is 278 g/mol. The zero-order valence-electron chi connectivity index (χ0n) is 10.9. The summed E-state index contributed by atoms with van der Waals surface area (Å²) in [5, 5.41) is 1.62. The third-order valence-corrected chi connectivity index (χ3v) is 2.99. The highest BCUT2D eigenvalue weighted by Gasteiger charge is 2.32. The van der Waals surface area contributed by atoms with Crippen LogP contribution in [0.15, 0.2) is 18.2 Å². The van der Waals surface area contributed by atoms with Crippen molar-refractivity contribution in [1.29, 1.82) is 0 Å². The van der Waals surface area contributed by atoms with Gasteiger partial charge in [0.1, 0.15) is 11.9 Å². The Kier molecular flexibility index (Phi) is 4.62. The van der Waals surface area contributed by atoms with Crippen molar-refractivity contribution in [2.45, 2.75) is 19.2 Å². The predicted molar refractivity (Wildman–Crippen MR) is 63.3 cm³/mol. The molecule has 0 aliphatic carbocycles. The van der Waals surface area contributed by atoms with Crippen LogP contribution in [0.25, 0.3) is 0 Å². The quantitative estimate of drug-likeness (QED) is 0.799. The third kappa shape index (κ3) is 3.91. The number of hydroxylamine groups is 2. The second-order valence-corrected chi connectivity index (χ2v) is 4.56. The molecule has 1 aromatic carbocycles. The van der Waals surface area contributed by atoms with Crippen molar-refractivity contribution in [3.63, 3.8) is 0 Å². The summed E-state index contributed by atoms with van der Waals surface area (Å²) in [5.74, 6) is -0.924. The van der Waals surface area contributed by atoms with E-state index in [1.54, 1.807) is 12.0 Å². The molecule has 1 heterocycles. The minimum Gasteiger partial charge on any atom is -0.379 e. The molecule has 1 saturated heterocycles. The van der Waals surface area contributed by atoms with Crippen molar-refractivity contribution < 1.29 is 27.1 Å². The summed E-state index contributed by atoms with van der Waals surface area (Å²) in [7, 11) is 0. The Morgan fingerprint density at radius 3 is 2.45 bits per heavy atom. The van der Waals surface area contributed by atoms with Crippen LogP contribution in [0.5, 0.6) is 0 Å². The standard InChI is InChI=1S/C13H15F4NO2/c1-9(20-18-2-4-19-5-3-18)10-6-11(13(15,16)17)8-12(14)7-10/h6-9H,2-5H2,1H3/t9-/m1/s1. The number of rotatable bonds is 3. The van der Waals surface area contributed by atoms with Gasteiger partial charge in [-0.25, -0.2) is 4.39 Å². The SMILES string of the molecule is C[C@@H](ON1CCOCC1)c1cc(F)cc(C(F)(F)F)c1. The Labute approximate surface area is 114 Å². The van der Waals surface area contributed by atoms with Crippen LogP contribution in [0.4, 0.5) is 17.6 Å². The largest absolute Gasteiger partial charge is 0.416 e. The lowest BCUT2D eigenvalue weighted by atomic mass is 10.1. The molecule has 0 spiro atoms. The first-order valence-corrected chi connectivity index (χ1v) is 6.23. The molecule has 0 radical (unpaired) electrons. The predicted octanol–water partition coefficient (Wildman–Crippen LogP) is 3.17. The van der Waals surface area contributed by atoms with Crippen LogP contribution in [0.1, 0.15) is 24.2 Å². The number of morpholine rings is 1. The minimum atomic E-state index is -4.57. The molecule has 1 fully saturated rings. The molecule has 112 valence electrons. The fourth-order valence-corrected chi connectivity index (χ4v) is 1.95. The van der Waals surface area contributed by atoms with E-state index in [0.29, 0.717) is 32.4 Å². The molecule has 7 heteroatoms. The van der Waals surface area contributed by atoms with Crippen molar-refractivity contribution >= 4 is 0 Å². The van der Waals surface area contributed by atoms with E-state index in [4.69, 9.17) is 9.57 Å². The van der Waals surface area contributed by atoms with Gasteiger partial charge in [0.05, 0.1) is 18.8 Å².